The van der Waals surface area contributed by atoms with Crippen molar-refractivity contribution in [3.63, 3.8) is 0 Å². The van der Waals surface area contributed by atoms with Crippen molar-refractivity contribution < 1.29 is 9.59 Å². The van der Waals surface area contributed by atoms with E-state index in [0.29, 0.717) is 32.0 Å². The number of hydrogen-bond acceptors (Lipinski definition) is 4. The molecule has 0 unspecified atom stereocenters. The molecule has 2 rings (SSSR count). The molecule has 17 heavy (non-hydrogen) atoms. The molecule has 1 fully saturated rings. The molecule has 0 bridgehead atoms. The summed E-state index contributed by atoms with van der Waals surface area (Å²) in [6.07, 6.45) is 5.34. The maximum Gasteiger partial charge on any atom is 0.323 e. The highest BCUT2D eigenvalue weighted by atomic mass is 16.2. The van der Waals surface area contributed by atoms with Crippen LogP contribution < -0.4 is 5.32 Å². The van der Waals surface area contributed by atoms with E-state index in [4.69, 9.17) is 0 Å². The van der Waals surface area contributed by atoms with E-state index in [-0.39, 0.29) is 6.03 Å². The second-order valence-electron chi connectivity index (χ2n) is 3.65. The number of amides is 3. The molecule has 0 atom stereocenters. The van der Waals surface area contributed by atoms with Gasteiger partial charge in [0.2, 0.25) is 6.41 Å². The van der Waals surface area contributed by atoms with Crippen LogP contribution >= 0.6 is 0 Å². The van der Waals surface area contributed by atoms with Gasteiger partial charge in [-0.2, -0.15) is 0 Å². The fourth-order valence-corrected chi connectivity index (χ4v) is 1.58. The molecule has 1 N–H and O–H groups in total. The second kappa shape index (κ2) is 5.24. The molecule has 0 radical (unpaired) electrons. The van der Waals surface area contributed by atoms with Gasteiger partial charge in [0.1, 0.15) is 0 Å². The average Bonchev–Trinajstić information content (AvgIpc) is 2.40. The minimum atomic E-state index is -0.212. The van der Waals surface area contributed by atoms with Gasteiger partial charge in [0, 0.05) is 38.6 Å². The van der Waals surface area contributed by atoms with E-state index in [1.165, 1.54) is 12.4 Å². The summed E-state index contributed by atoms with van der Waals surface area (Å²) in [6, 6.07) is -0.212. The monoisotopic (exact) mass is 235 g/mol. The summed E-state index contributed by atoms with van der Waals surface area (Å²) in [5, 5.41) is 2.65. The van der Waals surface area contributed by atoms with Crippen LogP contribution in [0.3, 0.4) is 0 Å². The summed E-state index contributed by atoms with van der Waals surface area (Å²) in [7, 11) is 0. The molecular formula is C10H13N5O2. The molecule has 7 heteroatoms. The first kappa shape index (κ1) is 11.3. The third-order valence-electron chi connectivity index (χ3n) is 2.55. The lowest BCUT2D eigenvalue weighted by molar-refractivity contribution is -0.119. The minimum Gasteiger partial charge on any atom is -0.342 e. The first-order chi connectivity index (χ1) is 8.29. The summed E-state index contributed by atoms with van der Waals surface area (Å²) in [5.41, 5.74) is 0. The summed E-state index contributed by atoms with van der Waals surface area (Å²) >= 11 is 0. The van der Waals surface area contributed by atoms with Crippen LogP contribution in [0.1, 0.15) is 0 Å². The number of rotatable bonds is 2. The number of urea groups is 1. The van der Waals surface area contributed by atoms with Gasteiger partial charge < -0.3 is 9.80 Å². The predicted octanol–water partition coefficient (Wildman–Crippen LogP) is -0.218. The Morgan fingerprint density at radius 3 is 2.65 bits per heavy atom. The average molecular weight is 235 g/mol. The zero-order chi connectivity index (χ0) is 12.1. The molecule has 1 aliphatic heterocycles. The summed E-state index contributed by atoms with van der Waals surface area (Å²) < 4.78 is 0. The van der Waals surface area contributed by atoms with Crippen LogP contribution in [0.15, 0.2) is 18.6 Å². The third kappa shape index (κ3) is 2.90. The van der Waals surface area contributed by atoms with Crippen LogP contribution in [-0.2, 0) is 4.79 Å². The summed E-state index contributed by atoms with van der Waals surface area (Å²) in [4.78, 5) is 33.4. The molecule has 1 aromatic heterocycles. The molecular weight excluding hydrogens is 222 g/mol. The smallest absolute Gasteiger partial charge is 0.323 e. The van der Waals surface area contributed by atoms with Crippen molar-refractivity contribution in [2.45, 2.75) is 0 Å². The molecule has 90 valence electrons. The van der Waals surface area contributed by atoms with Crippen LogP contribution in [0.4, 0.5) is 10.6 Å². The molecule has 1 aromatic rings. The Balaban J connectivity index is 1.87. The number of aromatic nitrogens is 2. The Kier molecular flexibility index (Phi) is 3.49. The molecule has 0 aliphatic carbocycles. The van der Waals surface area contributed by atoms with Gasteiger partial charge in [-0.05, 0) is 0 Å². The van der Waals surface area contributed by atoms with Crippen LogP contribution in [0.25, 0.3) is 0 Å². The van der Waals surface area contributed by atoms with E-state index < -0.39 is 0 Å². The lowest BCUT2D eigenvalue weighted by Gasteiger charge is -2.32. The van der Waals surface area contributed by atoms with Crippen molar-refractivity contribution >= 4 is 18.3 Å². The quantitative estimate of drug-likeness (QED) is 0.719. The van der Waals surface area contributed by atoms with Crippen molar-refractivity contribution in [3.8, 4) is 0 Å². The van der Waals surface area contributed by atoms with Gasteiger partial charge >= 0.3 is 6.03 Å². The molecule has 3 amide bonds. The van der Waals surface area contributed by atoms with Crippen molar-refractivity contribution in [2.75, 3.05) is 31.5 Å². The standard InChI is InChI=1S/C10H13N5O2/c16-8-14-3-5-15(6-4-14)10(17)13-9-7-11-1-2-12-9/h1-2,7-8H,3-6H2,(H,12,13,17). The number of nitrogens with one attached hydrogen (secondary N) is 1. The molecule has 7 nitrogen and oxygen atoms in total. The highest BCUT2D eigenvalue weighted by molar-refractivity contribution is 5.88. The molecule has 0 aromatic carbocycles. The maximum atomic E-state index is 11.8. The molecule has 0 spiro atoms. The van der Waals surface area contributed by atoms with Gasteiger partial charge in [-0.25, -0.2) is 9.78 Å². The van der Waals surface area contributed by atoms with E-state index in [1.807, 2.05) is 0 Å². The zero-order valence-electron chi connectivity index (χ0n) is 9.24. The van der Waals surface area contributed by atoms with E-state index >= 15 is 0 Å². The van der Waals surface area contributed by atoms with Crippen molar-refractivity contribution in [3.05, 3.63) is 18.6 Å². The number of nitrogens with zero attached hydrogens (tertiary/aromatic N) is 4. The van der Waals surface area contributed by atoms with Gasteiger partial charge in [0.25, 0.3) is 0 Å². The van der Waals surface area contributed by atoms with E-state index in [9.17, 15) is 9.59 Å². The molecule has 1 aliphatic rings. The fourth-order valence-electron chi connectivity index (χ4n) is 1.58. The summed E-state index contributed by atoms with van der Waals surface area (Å²) in [6.45, 7) is 2.20. The largest absolute Gasteiger partial charge is 0.342 e. The van der Waals surface area contributed by atoms with Gasteiger partial charge in [0.05, 0.1) is 6.20 Å². The van der Waals surface area contributed by atoms with Crippen molar-refractivity contribution in [2.24, 2.45) is 0 Å². The SMILES string of the molecule is O=CN1CCN(C(=O)Nc2cnccn2)CC1. The van der Waals surface area contributed by atoms with Crippen molar-refractivity contribution in [1.82, 2.24) is 19.8 Å². The van der Waals surface area contributed by atoms with Gasteiger partial charge in [-0.15, -0.1) is 0 Å². The van der Waals surface area contributed by atoms with Crippen LogP contribution in [0, 0.1) is 0 Å². The maximum absolute atomic E-state index is 11.8. The van der Waals surface area contributed by atoms with E-state index in [1.54, 1.807) is 16.0 Å². The van der Waals surface area contributed by atoms with Crippen LogP contribution in [0.5, 0.6) is 0 Å². The number of carbonyl (C=O) groups excluding carboxylic acids is 2. The predicted molar refractivity (Wildman–Crippen MR) is 60.3 cm³/mol. The second-order valence-corrected chi connectivity index (χ2v) is 3.65. The Hall–Kier alpha value is -2.18. The number of piperazine rings is 1. The fraction of sp³-hybridized carbons (Fsp3) is 0.400. The molecule has 2 heterocycles. The third-order valence-corrected chi connectivity index (χ3v) is 2.55. The van der Waals surface area contributed by atoms with Gasteiger partial charge in [-0.1, -0.05) is 0 Å². The van der Waals surface area contributed by atoms with E-state index in [2.05, 4.69) is 15.3 Å². The Bertz CT molecular complexity index is 389. The lowest BCUT2D eigenvalue weighted by atomic mass is 10.3. The number of hydrogen-bond donors (Lipinski definition) is 1. The lowest BCUT2D eigenvalue weighted by Crippen LogP contribution is -2.49. The highest BCUT2D eigenvalue weighted by Crippen LogP contribution is 2.04. The first-order valence-electron chi connectivity index (χ1n) is 5.31. The minimum absolute atomic E-state index is 0.212. The van der Waals surface area contributed by atoms with Gasteiger partial charge in [0.15, 0.2) is 5.82 Å². The number of carbonyl (C=O) groups is 2. The Morgan fingerprint density at radius 1 is 1.29 bits per heavy atom. The Labute approximate surface area is 98.4 Å². The van der Waals surface area contributed by atoms with E-state index in [0.717, 1.165) is 6.41 Å². The topological polar surface area (TPSA) is 78.4 Å². The van der Waals surface area contributed by atoms with Crippen LogP contribution in [-0.4, -0.2) is 58.4 Å². The molecule has 1 saturated heterocycles. The van der Waals surface area contributed by atoms with Gasteiger partial charge in [-0.3, -0.25) is 15.1 Å². The zero-order valence-corrected chi connectivity index (χ0v) is 9.24. The van der Waals surface area contributed by atoms with Crippen molar-refractivity contribution in [1.29, 1.82) is 0 Å². The highest BCUT2D eigenvalue weighted by Gasteiger charge is 2.20. The number of anilines is 1. The summed E-state index contributed by atoms with van der Waals surface area (Å²) in [5.74, 6) is 0.426. The Morgan fingerprint density at radius 2 is 2.06 bits per heavy atom. The first-order valence-corrected chi connectivity index (χ1v) is 5.31. The molecule has 0 saturated carbocycles. The van der Waals surface area contributed by atoms with Crippen LogP contribution in [0.2, 0.25) is 0 Å². The normalized spacial score (nSPS) is 15.5.